The van der Waals surface area contributed by atoms with Crippen LogP contribution in [0.2, 0.25) is 0 Å². The number of amides is 2. The molecule has 2 amide bonds. The van der Waals surface area contributed by atoms with Crippen molar-refractivity contribution in [3.63, 3.8) is 0 Å². The lowest BCUT2D eigenvalue weighted by Gasteiger charge is -2.12. The Labute approximate surface area is 136 Å². The molecule has 0 aromatic heterocycles. The van der Waals surface area contributed by atoms with Crippen LogP contribution in [0.15, 0.2) is 42.5 Å². The molecule has 122 valence electrons. The highest BCUT2D eigenvalue weighted by molar-refractivity contribution is 5.91. The first kappa shape index (κ1) is 16.7. The van der Waals surface area contributed by atoms with Gasteiger partial charge in [-0.3, -0.25) is 0 Å². The van der Waals surface area contributed by atoms with Crippen molar-refractivity contribution in [1.82, 2.24) is 5.32 Å². The van der Waals surface area contributed by atoms with E-state index in [0.717, 1.165) is 6.42 Å². The lowest BCUT2D eigenvalue weighted by atomic mass is 10.1. The van der Waals surface area contributed by atoms with Crippen LogP contribution in [-0.4, -0.2) is 26.8 Å². The van der Waals surface area contributed by atoms with Crippen LogP contribution in [0.3, 0.4) is 0 Å². The van der Waals surface area contributed by atoms with Crippen LogP contribution in [0.5, 0.6) is 11.5 Å². The summed E-state index contributed by atoms with van der Waals surface area (Å²) in [7, 11) is 3.14. The van der Waals surface area contributed by atoms with E-state index in [1.807, 2.05) is 12.1 Å². The maximum atomic E-state index is 12.0. The number of rotatable bonds is 6. The number of hydrogen-bond acceptors (Lipinski definition) is 3. The molecule has 0 spiro atoms. The standard InChI is InChI=1S/C18H22N2O3/c1-13-6-4-5-7-14(13)10-11-19-18(21)20-16-9-8-15(22-2)12-17(16)23-3/h4-9,12H,10-11H2,1-3H3,(H2,19,20,21). The van der Waals surface area contributed by atoms with Crippen molar-refractivity contribution >= 4 is 11.7 Å². The van der Waals surface area contributed by atoms with Crippen molar-refractivity contribution in [1.29, 1.82) is 0 Å². The number of carbonyl (C=O) groups excluding carboxylic acids is 1. The van der Waals surface area contributed by atoms with E-state index in [-0.39, 0.29) is 6.03 Å². The van der Waals surface area contributed by atoms with Gasteiger partial charge in [0, 0.05) is 12.6 Å². The average molecular weight is 314 g/mol. The summed E-state index contributed by atoms with van der Waals surface area (Å²) in [6.45, 7) is 2.63. The highest BCUT2D eigenvalue weighted by atomic mass is 16.5. The molecule has 5 nitrogen and oxygen atoms in total. The Hall–Kier alpha value is -2.69. The molecule has 2 aromatic carbocycles. The first-order chi connectivity index (χ1) is 11.1. The summed E-state index contributed by atoms with van der Waals surface area (Å²) in [5, 5.41) is 5.63. The van der Waals surface area contributed by atoms with E-state index >= 15 is 0 Å². The van der Waals surface area contributed by atoms with E-state index in [0.29, 0.717) is 23.7 Å². The van der Waals surface area contributed by atoms with E-state index in [1.165, 1.54) is 11.1 Å². The number of methoxy groups -OCH3 is 2. The van der Waals surface area contributed by atoms with Gasteiger partial charge in [0.25, 0.3) is 0 Å². The number of hydrogen-bond donors (Lipinski definition) is 2. The smallest absolute Gasteiger partial charge is 0.319 e. The van der Waals surface area contributed by atoms with E-state index in [2.05, 4.69) is 29.7 Å². The minimum absolute atomic E-state index is 0.262. The molecule has 0 atom stereocenters. The average Bonchev–Trinajstić information content (AvgIpc) is 2.57. The molecule has 2 aromatic rings. The summed E-state index contributed by atoms with van der Waals surface area (Å²) in [5.74, 6) is 1.23. The molecule has 0 saturated carbocycles. The molecule has 2 N–H and O–H groups in total. The van der Waals surface area contributed by atoms with Crippen molar-refractivity contribution in [3.05, 3.63) is 53.6 Å². The van der Waals surface area contributed by atoms with Crippen LogP contribution in [0.4, 0.5) is 10.5 Å². The number of urea groups is 1. The van der Waals surface area contributed by atoms with Crippen molar-refractivity contribution in [2.24, 2.45) is 0 Å². The van der Waals surface area contributed by atoms with Gasteiger partial charge in [0.1, 0.15) is 11.5 Å². The lowest BCUT2D eigenvalue weighted by Crippen LogP contribution is -2.30. The first-order valence-corrected chi connectivity index (χ1v) is 7.45. The Kier molecular flexibility index (Phi) is 5.86. The molecule has 0 aliphatic carbocycles. The molecule has 0 unspecified atom stereocenters. The second-order valence-corrected chi connectivity index (χ2v) is 5.12. The fraction of sp³-hybridized carbons (Fsp3) is 0.278. The molecule has 2 rings (SSSR count). The van der Waals surface area contributed by atoms with E-state index in [4.69, 9.17) is 9.47 Å². The summed E-state index contributed by atoms with van der Waals surface area (Å²) in [4.78, 5) is 12.0. The Morgan fingerprint density at radius 2 is 1.87 bits per heavy atom. The topological polar surface area (TPSA) is 59.6 Å². The van der Waals surface area contributed by atoms with Crippen LogP contribution in [-0.2, 0) is 6.42 Å². The van der Waals surface area contributed by atoms with Crippen LogP contribution in [0.1, 0.15) is 11.1 Å². The molecule has 0 saturated heterocycles. The third-order valence-corrected chi connectivity index (χ3v) is 3.60. The van der Waals surface area contributed by atoms with Crippen LogP contribution < -0.4 is 20.1 Å². The van der Waals surface area contributed by atoms with E-state index in [9.17, 15) is 4.79 Å². The fourth-order valence-corrected chi connectivity index (χ4v) is 2.27. The van der Waals surface area contributed by atoms with Crippen LogP contribution in [0, 0.1) is 6.92 Å². The van der Waals surface area contributed by atoms with Gasteiger partial charge >= 0.3 is 6.03 Å². The number of carbonyl (C=O) groups is 1. The third-order valence-electron chi connectivity index (χ3n) is 3.60. The molecule has 0 heterocycles. The van der Waals surface area contributed by atoms with Crippen LogP contribution >= 0.6 is 0 Å². The van der Waals surface area contributed by atoms with Gasteiger partial charge in [-0.1, -0.05) is 24.3 Å². The quantitative estimate of drug-likeness (QED) is 0.859. The van der Waals surface area contributed by atoms with Gasteiger partial charge in [-0.25, -0.2) is 4.79 Å². The molecule has 23 heavy (non-hydrogen) atoms. The monoisotopic (exact) mass is 314 g/mol. The summed E-state index contributed by atoms with van der Waals surface area (Å²) in [6, 6.07) is 13.1. The number of aryl methyl sites for hydroxylation is 1. The zero-order chi connectivity index (χ0) is 16.7. The predicted octanol–water partition coefficient (Wildman–Crippen LogP) is 3.38. The summed E-state index contributed by atoms with van der Waals surface area (Å²) in [5.41, 5.74) is 3.06. The van der Waals surface area contributed by atoms with Crippen molar-refractivity contribution < 1.29 is 14.3 Å². The number of nitrogens with one attached hydrogen (secondary N) is 2. The summed E-state index contributed by atoms with van der Waals surface area (Å²) in [6.07, 6.45) is 0.792. The van der Waals surface area contributed by atoms with Gasteiger partial charge in [0.05, 0.1) is 19.9 Å². The molecule has 5 heteroatoms. The number of benzene rings is 2. The first-order valence-electron chi connectivity index (χ1n) is 7.45. The third kappa shape index (κ3) is 4.64. The molecule has 0 fully saturated rings. The van der Waals surface area contributed by atoms with Gasteiger partial charge in [0.15, 0.2) is 0 Å². The van der Waals surface area contributed by atoms with Gasteiger partial charge < -0.3 is 20.1 Å². The Morgan fingerprint density at radius 1 is 1.09 bits per heavy atom. The molecule has 0 aliphatic heterocycles. The summed E-state index contributed by atoms with van der Waals surface area (Å²) < 4.78 is 10.4. The molecular weight excluding hydrogens is 292 g/mol. The maximum Gasteiger partial charge on any atom is 0.319 e. The van der Waals surface area contributed by atoms with Gasteiger partial charge in [0.2, 0.25) is 0 Å². The predicted molar refractivity (Wildman–Crippen MR) is 91.5 cm³/mol. The second kappa shape index (κ2) is 8.08. The van der Waals surface area contributed by atoms with Crippen molar-refractivity contribution in [2.75, 3.05) is 26.1 Å². The molecule has 0 radical (unpaired) electrons. The fourth-order valence-electron chi connectivity index (χ4n) is 2.27. The zero-order valence-electron chi connectivity index (χ0n) is 13.7. The largest absolute Gasteiger partial charge is 0.497 e. The Balaban J connectivity index is 1.89. The van der Waals surface area contributed by atoms with E-state index < -0.39 is 0 Å². The molecule has 0 aliphatic rings. The minimum atomic E-state index is -0.262. The second-order valence-electron chi connectivity index (χ2n) is 5.12. The Morgan fingerprint density at radius 3 is 2.57 bits per heavy atom. The van der Waals surface area contributed by atoms with Crippen molar-refractivity contribution in [2.45, 2.75) is 13.3 Å². The minimum Gasteiger partial charge on any atom is -0.497 e. The molecule has 0 bridgehead atoms. The highest BCUT2D eigenvalue weighted by Crippen LogP contribution is 2.28. The van der Waals surface area contributed by atoms with Crippen LogP contribution in [0.25, 0.3) is 0 Å². The molecular formula is C18H22N2O3. The number of ether oxygens (including phenoxy) is 2. The normalized spacial score (nSPS) is 10.0. The van der Waals surface area contributed by atoms with Crippen molar-refractivity contribution in [3.8, 4) is 11.5 Å². The van der Waals surface area contributed by atoms with Gasteiger partial charge in [-0.15, -0.1) is 0 Å². The Bertz CT molecular complexity index is 671. The highest BCUT2D eigenvalue weighted by Gasteiger charge is 2.08. The zero-order valence-corrected chi connectivity index (χ0v) is 13.7. The van der Waals surface area contributed by atoms with Gasteiger partial charge in [-0.05, 0) is 36.6 Å². The summed E-state index contributed by atoms with van der Waals surface area (Å²) >= 11 is 0. The SMILES string of the molecule is COc1ccc(NC(=O)NCCc2ccccc2C)c(OC)c1. The maximum absolute atomic E-state index is 12.0. The van der Waals surface area contributed by atoms with E-state index in [1.54, 1.807) is 32.4 Å². The number of anilines is 1. The van der Waals surface area contributed by atoms with Gasteiger partial charge in [-0.2, -0.15) is 0 Å². The lowest BCUT2D eigenvalue weighted by molar-refractivity contribution is 0.252.